The number of benzene rings is 3. The second-order valence-electron chi connectivity index (χ2n) is 7.53. The van der Waals surface area contributed by atoms with Gasteiger partial charge in [-0.25, -0.2) is 4.79 Å². The second kappa shape index (κ2) is 10.3. The summed E-state index contributed by atoms with van der Waals surface area (Å²) >= 11 is 4.33. The fraction of sp³-hybridized carbons (Fsp3) is 0.115. The Bertz CT molecular complexity index is 1300. The van der Waals surface area contributed by atoms with E-state index in [1.54, 1.807) is 36.4 Å². The second-order valence-corrected chi connectivity index (χ2v) is 9.37. The largest absolute Gasteiger partial charge is 0.493 e. The van der Waals surface area contributed by atoms with Gasteiger partial charge >= 0.3 is 5.97 Å². The minimum Gasteiger partial charge on any atom is -0.493 e. The molecule has 0 unspecified atom stereocenters. The molecule has 34 heavy (non-hydrogen) atoms. The van der Waals surface area contributed by atoms with Crippen molar-refractivity contribution in [1.29, 1.82) is 0 Å². The van der Waals surface area contributed by atoms with Crippen molar-refractivity contribution in [3.05, 3.63) is 98.4 Å². The predicted molar refractivity (Wildman–Crippen MR) is 135 cm³/mol. The maximum atomic E-state index is 12.9. The first-order valence-corrected chi connectivity index (χ1v) is 11.9. The number of hydrogen-bond acceptors (Lipinski definition) is 6. The van der Waals surface area contributed by atoms with Crippen LogP contribution in [0.1, 0.15) is 27.0 Å². The van der Waals surface area contributed by atoms with Gasteiger partial charge in [-0.1, -0.05) is 57.9 Å². The number of nitrogens with zero attached hydrogens (tertiary/aromatic N) is 1. The Labute approximate surface area is 209 Å². The number of thioether (sulfide) groups is 1. The lowest BCUT2D eigenvalue weighted by Gasteiger charge is -2.13. The molecule has 0 spiro atoms. The van der Waals surface area contributed by atoms with Gasteiger partial charge in [0.2, 0.25) is 0 Å². The standard InChI is InChI=1S/C26H20BrNO5S/c1-16-7-10-18(11-8-16)25(30)33-21-12-9-17(13-22(21)32-2)14-23-24(29)28(26(31)34-23)15-19-5-3-4-6-20(19)27/h3-14H,15H2,1-2H3/b23-14-. The van der Waals surface area contributed by atoms with Gasteiger partial charge in [0.25, 0.3) is 11.1 Å². The molecule has 1 fully saturated rings. The SMILES string of the molecule is COc1cc(/C=C2\SC(=O)N(Cc3ccccc3Br)C2=O)ccc1OC(=O)c1ccc(C)cc1. The molecular weight excluding hydrogens is 518 g/mol. The van der Waals surface area contributed by atoms with Crippen LogP contribution in [0.25, 0.3) is 6.08 Å². The number of halogens is 1. The number of hydrogen-bond donors (Lipinski definition) is 0. The molecule has 3 aromatic rings. The molecule has 1 saturated heterocycles. The zero-order valence-electron chi connectivity index (χ0n) is 18.4. The average molecular weight is 538 g/mol. The zero-order valence-corrected chi connectivity index (χ0v) is 20.8. The highest BCUT2D eigenvalue weighted by molar-refractivity contribution is 9.10. The number of amides is 2. The maximum Gasteiger partial charge on any atom is 0.343 e. The third kappa shape index (κ3) is 5.24. The molecule has 0 aromatic heterocycles. The molecule has 1 heterocycles. The molecule has 0 saturated carbocycles. The third-order valence-electron chi connectivity index (χ3n) is 5.14. The van der Waals surface area contributed by atoms with E-state index in [-0.39, 0.29) is 23.4 Å². The molecule has 3 aromatic carbocycles. The molecule has 2 amide bonds. The molecular formula is C26H20BrNO5S. The van der Waals surface area contributed by atoms with E-state index in [0.717, 1.165) is 27.4 Å². The van der Waals surface area contributed by atoms with Crippen LogP contribution in [0.3, 0.4) is 0 Å². The Morgan fingerprint density at radius 2 is 1.76 bits per heavy atom. The Hall–Kier alpha value is -3.36. The highest BCUT2D eigenvalue weighted by atomic mass is 79.9. The van der Waals surface area contributed by atoms with Gasteiger partial charge in [-0.2, -0.15) is 0 Å². The molecule has 0 aliphatic carbocycles. The number of esters is 1. The van der Waals surface area contributed by atoms with Crippen molar-refractivity contribution in [2.75, 3.05) is 7.11 Å². The molecule has 8 heteroatoms. The maximum absolute atomic E-state index is 12.9. The summed E-state index contributed by atoms with van der Waals surface area (Å²) in [5.74, 6) is -0.271. The van der Waals surface area contributed by atoms with Crippen molar-refractivity contribution < 1.29 is 23.9 Å². The van der Waals surface area contributed by atoms with Gasteiger partial charge in [-0.3, -0.25) is 14.5 Å². The zero-order chi connectivity index (χ0) is 24.2. The molecule has 4 rings (SSSR count). The Kier molecular flexibility index (Phi) is 7.19. The summed E-state index contributed by atoms with van der Waals surface area (Å²) in [5, 5.41) is -0.331. The predicted octanol–water partition coefficient (Wildman–Crippen LogP) is 6.22. The Morgan fingerprint density at radius 3 is 2.47 bits per heavy atom. The van der Waals surface area contributed by atoms with Crippen LogP contribution in [0.5, 0.6) is 11.5 Å². The quantitative estimate of drug-likeness (QED) is 0.211. The lowest BCUT2D eigenvalue weighted by Crippen LogP contribution is -2.27. The van der Waals surface area contributed by atoms with Crippen molar-refractivity contribution in [2.45, 2.75) is 13.5 Å². The van der Waals surface area contributed by atoms with Crippen molar-refractivity contribution in [1.82, 2.24) is 4.90 Å². The van der Waals surface area contributed by atoms with Gasteiger partial charge in [-0.15, -0.1) is 0 Å². The lowest BCUT2D eigenvalue weighted by atomic mass is 10.1. The molecule has 0 bridgehead atoms. The highest BCUT2D eigenvalue weighted by Gasteiger charge is 2.35. The molecule has 1 aliphatic rings. The van der Waals surface area contributed by atoms with Crippen molar-refractivity contribution in [3.8, 4) is 11.5 Å². The molecule has 0 atom stereocenters. The average Bonchev–Trinajstić information content (AvgIpc) is 3.09. The smallest absolute Gasteiger partial charge is 0.343 e. The summed E-state index contributed by atoms with van der Waals surface area (Å²) < 4.78 is 11.7. The molecule has 172 valence electrons. The summed E-state index contributed by atoms with van der Waals surface area (Å²) in [4.78, 5) is 39.4. The normalized spacial score (nSPS) is 14.6. The van der Waals surface area contributed by atoms with Crippen LogP contribution in [0, 0.1) is 6.92 Å². The van der Waals surface area contributed by atoms with E-state index in [0.29, 0.717) is 21.8 Å². The van der Waals surface area contributed by atoms with Crippen LogP contribution in [-0.4, -0.2) is 29.1 Å². The Morgan fingerprint density at radius 1 is 1.03 bits per heavy atom. The number of methoxy groups -OCH3 is 1. The van der Waals surface area contributed by atoms with Gasteiger partial charge in [0, 0.05) is 4.47 Å². The summed E-state index contributed by atoms with van der Waals surface area (Å²) in [6.07, 6.45) is 1.62. The highest BCUT2D eigenvalue weighted by Crippen LogP contribution is 2.36. The first kappa shape index (κ1) is 23.8. The summed E-state index contributed by atoms with van der Waals surface area (Å²) in [6.45, 7) is 2.12. The van der Waals surface area contributed by atoms with E-state index < -0.39 is 5.97 Å². The van der Waals surface area contributed by atoms with E-state index in [2.05, 4.69) is 15.9 Å². The van der Waals surface area contributed by atoms with Gasteiger partial charge in [0.15, 0.2) is 11.5 Å². The minimum atomic E-state index is -0.501. The molecule has 6 nitrogen and oxygen atoms in total. The van der Waals surface area contributed by atoms with Gasteiger partial charge < -0.3 is 9.47 Å². The van der Waals surface area contributed by atoms with Gasteiger partial charge in [-0.05, 0) is 66.2 Å². The van der Waals surface area contributed by atoms with E-state index in [4.69, 9.17) is 9.47 Å². The van der Waals surface area contributed by atoms with Gasteiger partial charge in [0.05, 0.1) is 24.1 Å². The summed E-state index contributed by atoms with van der Waals surface area (Å²) in [7, 11) is 1.47. The van der Waals surface area contributed by atoms with E-state index in [1.807, 2.05) is 43.3 Å². The molecule has 1 aliphatic heterocycles. The topological polar surface area (TPSA) is 72.9 Å². The van der Waals surface area contributed by atoms with Crippen LogP contribution in [0.15, 0.2) is 76.1 Å². The van der Waals surface area contributed by atoms with E-state index in [9.17, 15) is 14.4 Å². The third-order valence-corrected chi connectivity index (χ3v) is 6.82. The lowest BCUT2D eigenvalue weighted by molar-refractivity contribution is -0.123. The first-order chi connectivity index (χ1) is 16.4. The molecule has 0 radical (unpaired) electrons. The first-order valence-electron chi connectivity index (χ1n) is 10.3. The Balaban J connectivity index is 1.52. The monoisotopic (exact) mass is 537 g/mol. The number of ether oxygens (including phenoxy) is 2. The number of carbonyl (C=O) groups excluding carboxylic acids is 3. The number of aryl methyl sites for hydroxylation is 1. The van der Waals surface area contributed by atoms with Crippen LogP contribution in [-0.2, 0) is 11.3 Å². The van der Waals surface area contributed by atoms with Crippen LogP contribution >= 0.6 is 27.7 Å². The number of rotatable bonds is 6. The van der Waals surface area contributed by atoms with Crippen LogP contribution in [0.4, 0.5) is 4.79 Å². The summed E-state index contributed by atoms with van der Waals surface area (Å²) in [6, 6.07) is 19.5. The van der Waals surface area contributed by atoms with Crippen molar-refractivity contribution >= 4 is 50.9 Å². The van der Waals surface area contributed by atoms with Crippen LogP contribution < -0.4 is 9.47 Å². The fourth-order valence-corrected chi connectivity index (χ4v) is 4.54. The minimum absolute atomic E-state index is 0.181. The van der Waals surface area contributed by atoms with Crippen molar-refractivity contribution in [3.63, 3.8) is 0 Å². The number of carbonyl (C=O) groups is 3. The van der Waals surface area contributed by atoms with E-state index >= 15 is 0 Å². The van der Waals surface area contributed by atoms with E-state index in [1.165, 1.54) is 12.0 Å². The fourth-order valence-electron chi connectivity index (χ4n) is 3.29. The van der Waals surface area contributed by atoms with Crippen molar-refractivity contribution in [2.24, 2.45) is 0 Å². The van der Waals surface area contributed by atoms with Gasteiger partial charge in [0.1, 0.15) is 0 Å². The van der Waals surface area contributed by atoms with Crippen LogP contribution in [0.2, 0.25) is 0 Å². The summed E-state index contributed by atoms with van der Waals surface area (Å²) in [5.41, 5.74) is 2.94. The molecule has 0 N–H and O–H groups in total. The number of imide groups is 1.